The molecule has 0 saturated heterocycles. The van der Waals surface area contributed by atoms with Crippen molar-refractivity contribution in [1.82, 2.24) is 4.90 Å². The topological polar surface area (TPSA) is 51.9 Å². The first kappa shape index (κ1) is 19.0. The van der Waals surface area contributed by atoms with E-state index in [1.165, 1.54) is 5.56 Å². The van der Waals surface area contributed by atoms with Crippen molar-refractivity contribution in [2.24, 2.45) is 0 Å². The summed E-state index contributed by atoms with van der Waals surface area (Å²) in [6.45, 7) is 5.39. The van der Waals surface area contributed by atoms with Crippen LogP contribution in [0.2, 0.25) is 0 Å². The molecule has 0 N–H and O–H groups in total. The predicted molar refractivity (Wildman–Crippen MR) is 107 cm³/mol. The number of ether oxygens (including phenoxy) is 2. The highest BCUT2D eigenvalue weighted by molar-refractivity contribution is 5.81. The lowest BCUT2D eigenvalue weighted by Gasteiger charge is -2.20. The summed E-state index contributed by atoms with van der Waals surface area (Å²) in [5.74, 6) is 1.54. The van der Waals surface area contributed by atoms with Gasteiger partial charge in [0, 0.05) is 36.2 Å². The molecule has 0 aliphatic carbocycles. The van der Waals surface area contributed by atoms with E-state index in [1.54, 1.807) is 20.3 Å². The molecule has 3 aromatic rings. The molecule has 0 radical (unpaired) electrons. The zero-order chi connectivity index (χ0) is 19.6. The van der Waals surface area contributed by atoms with Crippen molar-refractivity contribution in [2.75, 3.05) is 21.3 Å². The van der Waals surface area contributed by atoms with E-state index in [1.807, 2.05) is 38.2 Å². The minimum atomic E-state index is -0.323. The molecule has 0 unspecified atom stereocenters. The second kappa shape index (κ2) is 7.84. The normalized spacial score (nSPS) is 11.2. The third-order valence-electron chi connectivity index (χ3n) is 4.82. The summed E-state index contributed by atoms with van der Waals surface area (Å²) in [5.41, 5.74) is 4.61. The van der Waals surface area contributed by atoms with Gasteiger partial charge >= 0.3 is 5.63 Å². The lowest BCUT2D eigenvalue weighted by molar-refractivity contribution is 0.309. The number of fused-ring (bicyclic) bond motifs is 1. The number of benzene rings is 2. The molecule has 27 heavy (non-hydrogen) atoms. The van der Waals surface area contributed by atoms with Crippen molar-refractivity contribution < 1.29 is 13.9 Å². The molecule has 3 rings (SSSR count). The SMILES string of the molecule is COc1ccc(CN(C)Cc2cc(=O)oc3cc(C)c(C)cc23)c(OC)c1. The molecule has 1 aromatic heterocycles. The predicted octanol–water partition coefficient (Wildman–Crippen LogP) is 4.06. The fraction of sp³-hybridized carbons (Fsp3) is 0.318. The quantitative estimate of drug-likeness (QED) is 0.615. The van der Waals surface area contributed by atoms with Crippen LogP contribution in [0.15, 0.2) is 45.6 Å². The number of methoxy groups -OCH3 is 2. The largest absolute Gasteiger partial charge is 0.497 e. The zero-order valence-corrected chi connectivity index (χ0v) is 16.5. The molecule has 142 valence electrons. The van der Waals surface area contributed by atoms with Crippen LogP contribution in [0.4, 0.5) is 0 Å². The Morgan fingerprint density at radius 3 is 2.33 bits per heavy atom. The number of hydrogen-bond acceptors (Lipinski definition) is 5. The van der Waals surface area contributed by atoms with Crippen LogP contribution in [0.1, 0.15) is 22.3 Å². The van der Waals surface area contributed by atoms with Gasteiger partial charge in [-0.15, -0.1) is 0 Å². The van der Waals surface area contributed by atoms with E-state index in [0.717, 1.165) is 33.6 Å². The number of rotatable bonds is 6. The maximum absolute atomic E-state index is 12.0. The summed E-state index contributed by atoms with van der Waals surface area (Å²) in [4.78, 5) is 14.1. The van der Waals surface area contributed by atoms with Crippen LogP contribution in [-0.2, 0) is 13.1 Å². The first-order chi connectivity index (χ1) is 12.9. The van der Waals surface area contributed by atoms with E-state index in [0.29, 0.717) is 18.7 Å². The molecule has 0 bridgehead atoms. The fourth-order valence-corrected chi connectivity index (χ4v) is 3.23. The Morgan fingerprint density at radius 2 is 1.63 bits per heavy atom. The first-order valence-corrected chi connectivity index (χ1v) is 8.84. The van der Waals surface area contributed by atoms with Gasteiger partial charge in [-0.2, -0.15) is 0 Å². The van der Waals surface area contributed by atoms with Crippen molar-refractivity contribution in [3.63, 3.8) is 0 Å². The molecule has 0 fully saturated rings. The molecule has 0 saturated carbocycles. The molecule has 0 aliphatic rings. The molecule has 0 atom stereocenters. The molecule has 0 amide bonds. The van der Waals surface area contributed by atoms with Crippen molar-refractivity contribution in [1.29, 1.82) is 0 Å². The molecule has 0 spiro atoms. The zero-order valence-electron chi connectivity index (χ0n) is 16.5. The third-order valence-corrected chi connectivity index (χ3v) is 4.82. The lowest BCUT2D eigenvalue weighted by Crippen LogP contribution is -2.19. The van der Waals surface area contributed by atoms with E-state index >= 15 is 0 Å². The molecular formula is C22H25NO4. The Morgan fingerprint density at radius 1 is 0.926 bits per heavy atom. The second-order valence-corrected chi connectivity index (χ2v) is 6.87. The van der Waals surface area contributed by atoms with Crippen LogP contribution < -0.4 is 15.1 Å². The smallest absolute Gasteiger partial charge is 0.336 e. The van der Waals surface area contributed by atoms with Gasteiger partial charge in [0.25, 0.3) is 0 Å². The van der Waals surface area contributed by atoms with Crippen LogP contribution in [0, 0.1) is 13.8 Å². The molecule has 2 aromatic carbocycles. The summed E-state index contributed by atoms with van der Waals surface area (Å²) in [7, 11) is 5.31. The highest BCUT2D eigenvalue weighted by Crippen LogP contribution is 2.27. The van der Waals surface area contributed by atoms with Crippen LogP contribution in [-0.4, -0.2) is 26.2 Å². The van der Waals surface area contributed by atoms with Crippen molar-refractivity contribution in [3.05, 3.63) is 69.1 Å². The highest BCUT2D eigenvalue weighted by atomic mass is 16.5. The Balaban J connectivity index is 1.89. The summed E-state index contributed by atoms with van der Waals surface area (Å²) in [6.07, 6.45) is 0. The van der Waals surface area contributed by atoms with Gasteiger partial charge < -0.3 is 13.9 Å². The van der Waals surface area contributed by atoms with E-state index in [-0.39, 0.29) is 5.63 Å². The number of hydrogen-bond donors (Lipinski definition) is 0. The number of aryl methyl sites for hydroxylation is 2. The average molecular weight is 367 g/mol. The Hall–Kier alpha value is -2.79. The molecule has 5 nitrogen and oxygen atoms in total. The Bertz CT molecular complexity index is 1020. The fourth-order valence-electron chi connectivity index (χ4n) is 3.23. The van der Waals surface area contributed by atoms with E-state index in [9.17, 15) is 4.79 Å². The van der Waals surface area contributed by atoms with Crippen LogP contribution in [0.25, 0.3) is 11.0 Å². The van der Waals surface area contributed by atoms with Crippen LogP contribution >= 0.6 is 0 Å². The average Bonchev–Trinajstić information content (AvgIpc) is 2.63. The maximum atomic E-state index is 12.0. The van der Waals surface area contributed by atoms with Gasteiger partial charge in [0.15, 0.2) is 0 Å². The molecule has 1 heterocycles. The summed E-state index contributed by atoms with van der Waals surface area (Å²) < 4.78 is 16.1. The summed E-state index contributed by atoms with van der Waals surface area (Å²) in [6, 6.07) is 11.4. The monoisotopic (exact) mass is 367 g/mol. The first-order valence-electron chi connectivity index (χ1n) is 8.84. The summed E-state index contributed by atoms with van der Waals surface area (Å²) in [5, 5.41) is 0.978. The Labute approximate surface area is 159 Å². The van der Waals surface area contributed by atoms with Crippen LogP contribution in [0.3, 0.4) is 0 Å². The van der Waals surface area contributed by atoms with Crippen molar-refractivity contribution >= 4 is 11.0 Å². The van der Waals surface area contributed by atoms with Gasteiger partial charge in [-0.05, 0) is 55.8 Å². The van der Waals surface area contributed by atoms with Crippen molar-refractivity contribution in [2.45, 2.75) is 26.9 Å². The molecular weight excluding hydrogens is 342 g/mol. The minimum absolute atomic E-state index is 0.323. The molecule has 5 heteroatoms. The second-order valence-electron chi connectivity index (χ2n) is 6.87. The standard InChI is InChI=1S/C22H25NO4/c1-14-8-19-17(10-22(24)27-21(19)9-15(14)2)13-23(3)12-16-6-7-18(25-4)11-20(16)26-5/h6-11H,12-13H2,1-5H3. The number of nitrogens with zero attached hydrogens (tertiary/aromatic N) is 1. The van der Waals surface area contributed by atoms with Gasteiger partial charge in [-0.25, -0.2) is 4.79 Å². The van der Waals surface area contributed by atoms with E-state index in [2.05, 4.69) is 17.9 Å². The van der Waals surface area contributed by atoms with Gasteiger partial charge in [0.05, 0.1) is 14.2 Å². The lowest BCUT2D eigenvalue weighted by atomic mass is 10.0. The highest BCUT2D eigenvalue weighted by Gasteiger charge is 2.12. The van der Waals surface area contributed by atoms with Gasteiger partial charge in [0.1, 0.15) is 17.1 Å². The van der Waals surface area contributed by atoms with Gasteiger partial charge in [0.2, 0.25) is 0 Å². The van der Waals surface area contributed by atoms with Gasteiger partial charge in [-0.1, -0.05) is 6.07 Å². The van der Waals surface area contributed by atoms with E-state index < -0.39 is 0 Å². The van der Waals surface area contributed by atoms with Crippen molar-refractivity contribution in [3.8, 4) is 11.5 Å². The minimum Gasteiger partial charge on any atom is -0.497 e. The van der Waals surface area contributed by atoms with E-state index in [4.69, 9.17) is 13.9 Å². The summed E-state index contributed by atoms with van der Waals surface area (Å²) >= 11 is 0. The van der Waals surface area contributed by atoms with Crippen LogP contribution in [0.5, 0.6) is 11.5 Å². The molecule has 0 aliphatic heterocycles. The third kappa shape index (κ3) is 4.14. The Kier molecular flexibility index (Phi) is 5.51. The van der Waals surface area contributed by atoms with Gasteiger partial charge in [-0.3, -0.25) is 4.90 Å². The maximum Gasteiger partial charge on any atom is 0.336 e.